The minimum atomic E-state index is -0.397. The highest BCUT2D eigenvalue weighted by atomic mass is 19.1. The van der Waals surface area contributed by atoms with Crippen LogP contribution in [0.2, 0.25) is 0 Å². The van der Waals surface area contributed by atoms with E-state index in [4.69, 9.17) is 10.5 Å². The van der Waals surface area contributed by atoms with Crippen LogP contribution in [-0.2, 0) is 11.3 Å². The summed E-state index contributed by atoms with van der Waals surface area (Å²) in [6.45, 7) is 2.01. The normalized spacial score (nSPS) is 10.2. The Morgan fingerprint density at radius 1 is 1.29 bits per heavy atom. The Bertz CT molecular complexity index is 644. The highest BCUT2D eigenvalue weighted by Gasteiger charge is 2.07. The van der Waals surface area contributed by atoms with Crippen molar-refractivity contribution in [2.24, 2.45) is 5.73 Å². The van der Waals surface area contributed by atoms with Gasteiger partial charge in [-0.3, -0.25) is 4.79 Å². The number of hydrogen-bond acceptors (Lipinski definition) is 3. The van der Waals surface area contributed by atoms with E-state index in [1.165, 1.54) is 12.1 Å². The number of benzene rings is 2. The van der Waals surface area contributed by atoms with Gasteiger partial charge in [-0.25, -0.2) is 4.39 Å². The first-order chi connectivity index (χ1) is 10.1. The van der Waals surface area contributed by atoms with Crippen molar-refractivity contribution >= 4 is 11.6 Å². The molecule has 0 aliphatic rings. The number of nitrogens with two attached hydrogens (primary N) is 1. The van der Waals surface area contributed by atoms with Crippen molar-refractivity contribution in [1.82, 2.24) is 0 Å². The van der Waals surface area contributed by atoms with Crippen LogP contribution in [0, 0.1) is 12.7 Å². The third-order valence-corrected chi connectivity index (χ3v) is 2.96. The van der Waals surface area contributed by atoms with Crippen LogP contribution in [0.1, 0.15) is 11.1 Å². The molecule has 2 aromatic rings. The Kier molecular flexibility index (Phi) is 4.90. The summed E-state index contributed by atoms with van der Waals surface area (Å²) in [6.07, 6.45) is 0. The first-order valence-corrected chi connectivity index (χ1v) is 6.56. The molecule has 0 saturated carbocycles. The summed E-state index contributed by atoms with van der Waals surface area (Å²) in [5.41, 5.74) is 7.90. The average molecular weight is 288 g/mol. The minimum Gasteiger partial charge on any atom is -0.483 e. The zero-order valence-corrected chi connectivity index (χ0v) is 11.7. The van der Waals surface area contributed by atoms with E-state index < -0.39 is 5.82 Å². The van der Waals surface area contributed by atoms with Gasteiger partial charge in [0.05, 0.1) is 0 Å². The standard InChI is InChI=1S/C16H17FN2O2/c1-11-5-6-13(17)8-15(11)21-10-16(20)19-14-4-2-3-12(7-14)9-18/h2-8H,9-10,18H2,1H3,(H,19,20). The lowest BCUT2D eigenvalue weighted by molar-refractivity contribution is -0.118. The molecule has 1 amide bonds. The molecule has 2 aromatic carbocycles. The van der Waals surface area contributed by atoms with Gasteiger partial charge in [-0.15, -0.1) is 0 Å². The lowest BCUT2D eigenvalue weighted by Gasteiger charge is -2.10. The van der Waals surface area contributed by atoms with E-state index in [0.717, 1.165) is 11.1 Å². The van der Waals surface area contributed by atoms with Crippen LogP contribution in [0.5, 0.6) is 5.75 Å². The minimum absolute atomic E-state index is 0.183. The maximum absolute atomic E-state index is 13.1. The molecule has 21 heavy (non-hydrogen) atoms. The Labute approximate surface area is 122 Å². The highest BCUT2D eigenvalue weighted by Crippen LogP contribution is 2.18. The average Bonchev–Trinajstić information content (AvgIpc) is 2.48. The lowest BCUT2D eigenvalue weighted by atomic mass is 10.2. The smallest absolute Gasteiger partial charge is 0.262 e. The molecule has 0 atom stereocenters. The predicted octanol–water partition coefficient (Wildman–Crippen LogP) is 2.61. The van der Waals surface area contributed by atoms with Gasteiger partial charge in [0, 0.05) is 18.3 Å². The zero-order valence-electron chi connectivity index (χ0n) is 11.7. The monoisotopic (exact) mass is 288 g/mol. The molecule has 2 rings (SSSR count). The Balaban J connectivity index is 1.94. The maximum atomic E-state index is 13.1. The summed E-state index contributed by atoms with van der Waals surface area (Å²) < 4.78 is 18.4. The highest BCUT2D eigenvalue weighted by molar-refractivity contribution is 5.91. The topological polar surface area (TPSA) is 64.3 Å². The van der Waals surface area contributed by atoms with Crippen LogP contribution >= 0.6 is 0 Å². The molecule has 0 aliphatic carbocycles. The third kappa shape index (κ3) is 4.29. The molecular weight excluding hydrogens is 271 g/mol. The number of rotatable bonds is 5. The molecule has 0 aromatic heterocycles. The van der Waals surface area contributed by atoms with Gasteiger partial charge in [-0.1, -0.05) is 18.2 Å². The second kappa shape index (κ2) is 6.85. The Morgan fingerprint density at radius 2 is 2.10 bits per heavy atom. The number of carbonyl (C=O) groups is 1. The Hall–Kier alpha value is -2.40. The number of aryl methyl sites for hydroxylation is 1. The van der Waals surface area contributed by atoms with Crippen LogP contribution in [0.3, 0.4) is 0 Å². The van der Waals surface area contributed by atoms with Gasteiger partial charge >= 0.3 is 0 Å². The van der Waals surface area contributed by atoms with Crippen LogP contribution < -0.4 is 15.8 Å². The molecule has 0 radical (unpaired) electrons. The van der Waals surface area contributed by atoms with Gasteiger partial charge in [-0.05, 0) is 36.2 Å². The van der Waals surface area contributed by atoms with Crippen molar-refractivity contribution < 1.29 is 13.9 Å². The number of halogens is 1. The van der Waals surface area contributed by atoms with E-state index >= 15 is 0 Å². The van der Waals surface area contributed by atoms with Gasteiger partial charge in [0.1, 0.15) is 11.6 Å². The summed E-state index contributed by atoms with van der Waals surface area (Å²) in [4.78, 5) is 11.8. The number of nitrogens with one attached hydrogen (secondary N) is 1. The fourth-order valence-corrected chi connectivity index (χ4v) is 1.85. The molecule has 0 aliphatic heterocycles. The maximum Gasteiger partial charge on any atom is 0.262 e. The van der Waals surface area contributed by atoms with Crippen LogP contribution in [-0.4, -0.2) is 12.5 Å². The van der Waals surface area contributed by atoms with Crippen LogP contribution in [0.25, 0.3) is 0 Å². The number of amides is 1. The van der Waals surface area contributed by atoms with Gasteiger partial charge in [-0.2, -0.15) is 0 Å². The summed E-state index contributed by atoms with van der Waals surface area (Å²) >= 11 is 0. The van der Waals surface area contributed by atoms with Gasteiger partial charge in [0.25, 0.3) is 5.91 Å². The molecule has 3 N–H and O–H groups in total. The molecule has 0 spiro atoms. The molecule has 0 bridgehead atoms. The number of hydrogen-bond donors (Lipinski definition) is 2. The fraction of sp³-hybridized carbons (Fsp3) is 0.188. The number of anilines is 1. The van der Waals surface area contributed by atoms with E-state index in [1.54, 1.807) is 25.1 Å². The first kappa shape index (κ1) is 15.0. The largest absolute Gasteiger partial charge is 0.483 e. The number of ether oxygens (including phenoxy) is 1. The van der Waals surface area contributed by atoms with Crippen molar-refractivity contribution in [3.05, 3.63) is 59.4 Å². The molecule has 4 nitrogen and oxygen atoms in total. The molecule has 0 unspecified atom stereocenters. The third-order valence-electron chi connectivity index (χ3n) is 2.96. The SMILES string of the molecule is Cc1ccc(F)cc1OCC(=O)Nc1cccc(CN)c1. The van der Waals surface area contributed by atoms with Crippen LogP contribution in [0.15, 0.2) is 42.5 Å². The zero-order chi connectivity index (χ0) is 15.2. The van der Waals surface area contributed by atoms with E-state index in [-0.39, 0.29) is 12.5 Å². The molecule has 110 valence electrons. The van der Waals surface area contributed by atoms with E-state index in [1.807, 2.05) is 12.1 Å². The second-order valence-electron chi connectivity index (χ2n) is 4.65. The molecule has 0 saturated heterocycles. The van der Waals surface area contributed by atoms with Crippen LogP contribution in [0.4, 0.5) is 10.1 Å². The van der Waals surface area contributed by atoms with Crippen molar-refractivity contribution in [2.75, 3.05) is 11.9 Å². The van der Waals surface area contributed by atoms with E-state index in [0.29, 0.717) is 18.0 Å². The predicted molar refractivity (Wildman–Crippen MR) is 79.6 cm³/mol. The van der Waals surface area contributed by atoms with Gasteiger partial charge < -0.3 is 15.8 Å². The Morgan fingerprint density at radius 3 is 2.86 bits per heavy atom. The van der Waals surface area contributed by atoms with Crippen molar-refractivity contribution in [3.8, 4) is 5.75 Å². The summed E-state index contributed by atoms with van der Waals surface area (Å²) in [5.74, 6) is -0.347. The lowest BCUT2D eigenvalue weighted by Crippen LogP contribution is -2.20. The van der Waals surface area contributed by atoms with Gasteiger partial charge in [0.15, 0.2) is 6.61 Å². The summed E-state index contributed by atoms with van der Waals surface area (Å²) in [6, 6.07) is 11.5. The molecule has 0 heterocycles. The summed E-state index contributed by atoms with van der Waals surface area (Å²) in [5, 5.41) is 2.71. The van der Waals surface area contributed by atoms with Crippen molar-refractivity contribution in [1.29, 1.82) is 0 Å². The van der Waals surface area contributed by atoms with Gasteiger partial charge in [0.2, 0.25) is 0 Å². The first-order valence-electron chi connectivity index (χ1n) is 6.56. The molecule has 5 heteroatoms. The van der Waals surface area contributed by atoms with E-state index in [2.05, 4.69) is 5.32 Å². The fourth-order valence-electron chi connectivity index (χ4n) is 1.85. The molecule has 0 fully saturated rings. The summed E-state index contributed by atoms with van der Waals surface area (Å²) in [7, 11) is 0. The van der Waals surface area contributed by atoms with Crippen molar-refractivity contribution in [3.63, 3.8) is 0 Å². The molecular formula is C16H17FN2O2. The quantitative estimate of drug-likeness (QED) is 0.889. The number of carbonyl (C=O) groups excluding carboxylic acids is 1. The second-order valence-corrected chi connectivity index (χ2v) is 4.65. The van der Waals surface area contributed by atoms with Crippen molar-refractivity contribution in [2.45, 2.75) is 13.5 Å². The van der Waals surface area contributed by atoms with E-state index in [9.17, 15) is 9.18 Å².